The molecule has 8 nitrogen and oxygen atoms in total. The molecule has 8 heteroatoms. The molecule has 1 amide bonds. The molecule has 1 aromatic heterocycles. The van der Waals surface area contributed by atoms with Crippen LogP contribution in [0.15, 0.2) is 58.1 Å². The van der Waals surface area contributed by atoms with Gasteiger partial charge in [-0.3, -0.25) is 24.0 Å². The number of hydrogen-bond acceptors (Lipinski definition) is 5. The number of carbonyl (C=O) groups excluding carboxylic acids is 1. The van der Waals surface area contributed by atoms with Crippen LogP contribution in [0.3, 0.4) is 0 Å². The van der Waals surface area contributed by atoms with Crippen molar-refractivity contribution in [2.75, 3.05) is 17.2 Å². The fourth-order valence-electron chi connectivity index (χ4n) is 4.05. The van der Waals surface area contributed by atoms with Gasteiger partial charge in [0.1, 0.15) is 11.6 Å². The average molecular weight is 449 g/mol. The fourth-order valence-corrected chi connectivity index (χ4v) is 4.05. The molecular weight excluding hydrogens is 420 g/mol. The third-order valence-electron chi connectivity index (χ3n) is 5.81. The molecule has 3 aromatic rings. The van der Waals surface area contributed by atoms with Gasteiger partial charge in [0.2, 0.25) is 5.91 Å². The first kappa shape index (κ1) is 22.4. The molecule has 172 valence electrons. The summed E-state index contributed by atoms with van der Waals surface area (Å²) in [4.78, 5) is 42.5. The Bertz CT molecular complexity index is 1260. The summed E-state index contributed by atoms with van der Waals surface area (Å²) >= 11 is 0. The SMILES string of the molecule is CCCCn1c(N)c(N(Cc2ccccc2)C(=O)Cc2ccc3c(c2)CCO3)c(=O)[nH]c1=O. The first-order chi connectivity index (χ1) is 16.0. The Kier molecular flexibility index (Phi) is 6.63. The van der Waals surface area contributed by atoms with Crippen LogP contribution in [0.1, 0.15) is 36.5 Å². The quantitative estimate of drug-likeness (QED) is 0.550. The smallest absolute Gasteiger partial charge is 0.330 e. The standard InChI is InChI=1S/C25H28N4O4/c1-2-3-12-28-23(26)22(24(31)27-25(28)32)29(16-17-7-5-4-6-8-17)21(30)15-18-9-10-20-19(14-18)11-13-33-20/h4-10,14H,2-3,11-13,15-16,26H2,1H3,(H,27,31,32). The van der Waals surface area contributed by atoms with Crippen molar-refractivity contribution in [1.82, 2.24) is 9.55 Å². The number of rotatable bonds is 8. The zero-order chi connectivity index (χ0) is 23.4. The maximum absolute atomic E-state index is 13.5. The second-order valence-corrected chi connectivity index (χ2v) is 8.18. The maximum atomic E-state index is 13.5. The molecule has 0 spiro atoms. The highest BCUT2D eigenvalue weighted by Gasteiger charge is 2.25. The van der Waals surface area contributed by atoms with Crippen LogP contribution in [0.2, 0.25) is 0 Å². The lowest BCUT2D eigenvalue weighted by atomic mass is 10.1. The van der Waals surface area contributed by atoms with Gasteiger partial charge in [-0.25, -0.2) is 4.79 Å². The minimum atomic E-state index is -0.670. The van der Waals surface area contributed by atoms with Crippen LogP contribution in [0.4, 0.5) is 11.5 Å². The molecule has 2 aromatic carbocycles. The molecular formula is C25H28N4O4. The maximum Gasteiger partial charge on any atom is 0.330 e. The van der Waals surface area contributed by atoms with Crippen molar-refractivity contribution in [3.05, 3.63) is 86.1 Å². The van der Waals surface area contributed by atoms with Gasteiger partial charge in [0.15, 0.2) is 5.69 Å². The number of H-pyrrole nitrogens is 1. The Labute approximate surface area is 191 Å². The third-order valence-corrected chi connectivity index (χ3v) is 5.81. The van der Waals surface area contributed by atoms with Crippen molar-refractivity contribution in [3.8, 4) is 5.75 Å². The molecule has 0 radical (unpaired) electrons. The molecule has 0 atom stereocenters. The fraction of sp³-hybridized carbons (Fsp3) is 0.320. The predicted octanol–water partition coefficient (Wildman–Crippen LogP) is 2.63. The van der Waals surface area contributed by atoms with E-state index in [9.17, 15) is 14.4 Å². The van der Waals surface area contributed by atoms with Crippen LogP contribution < -0.4 is 26.6 Å². The normalized spacial score (nSPS) is 12.3. The number of unbranched alkanes of at least 4 members (excludes halogenated alkanes) is 1. The molecule has 0 saturated heterocycles. The van der Waals surface area contributed by atoms with Gasteiger partial charge in [-0.05, 0) is 29.2 Å². The average Bonchev–Trinajstić information content (AvgIpc) is 3.26. The third kappa shape index (κ3) is 4.84. The number of nitrogen functional groups attached to an aromatic ring is 1. The summed E-state index contributed by atoms with van der Waals surface area (Å²) in [5.74, 6) is 0.565. The summed E-state index contributed by atoms with van der Waals surface area (Å²) in [6.45, 7) is 3.16. The largest absolute Gasteiger partial charge is 0.493 e. The van der Waals surface area contributed by atoms with E-state index in [1.54, 1.807) is 0 Å². The van der Waals surface area contributed by atoms with Crippen LogP contribution in [0.25, 0.3) is 0 Å². The Morgan fingerprint density at radius 3 is 2.70 bits per heavy atom. The number of ether oxygens (including phenoxy) is 1. The van der Waals surface area contributed by atoms with Crippen LogP contribution in [-0.2, 0) is 30.7 Å². The van der Waals surface area contributed by atoms with Gasteiger partial charge < -0.3 is 10.5 Å². The van der Waals surface area contributed by atoms with Crippen LogP contribution in [0.5, 0.6) is 5.75 Å². The zero-order valence-electron chi connectivity index (χ0n) is 18.7. The molecule has 0 bridgehead atoms. The van der Waals surface area contributed by atoms with Gasteiger partial charge in [-0.2, -0.15) is 0 Å². The highest BCUT2D eigenvalue weighted by Crippen LogP contribution is 2.27. The molecule has 0 aliphatic carbocycles. The Balaban J connectivity index is 1.73. The molecule has 2 heterocycles. The van der Waals surface area contributed by atoms with Gasteiger partial charge in [0, 0.05) is 13.0 Å². The Morgan fingerprint density at radius 1 is 1.15 bits per heavy atom. The first-order valence-electron chi connectivity index (χ1n) is 11.2. The molecule has 0 unspecified atom stereocenters. The monoisotopic (exact) mass is 448 g/mol. The molecule has 0 fully saturated rings. The number of hydrogen-bond donors (Lipinski definition) is 2. The van der Waals surface area contributed by atoms with E-state index in [1.165, 1.54) is 9.47 Å². The predicted molar refractivity (Wildman–Crippen MR) is 128 cm³/mol. The summed E-state index contributed by atoms with van der Waals surface area (Å²) in [7, 11) is 0. The molecule has 1 aliphatic rings. The summed E-state index contributed by atoms with van der Waals surface area (Å²) in [6, 6.07) is 15.1. The van der Waals surface area contributed by atoms with Gasteiger partial charge in [-0.15, -0.1) is 0 Å². The molecule has 33 heavy (non-hydrogen) atoms. The van der Waals surface area contributed by atoms with E-state index in [-0.39, 0.29) is 30.4 Å². The van der Waals surface area contributed by atoms with Crippen molar-refractivity contribution in [1.29, 1.82) is 0 Å². The molecule has 4 rings (SSSR count). The Hall–Kier alpha value is -3.81. The van der Waals surface area contributed by atoms with E-state index in [1.807, 2.05) is 55.5 Å². The van der Waals surface area contributed by atoms with Crippen LogP contribution in [-0.4, -0.2) is 22.1 Å². The second kappa shape index (κ2) is 9.77. The van der Waals surface area contributed by atoms with Crippen molar-refractivity contribution < 1.29 is 9.53 Å². The highest BCUT2D eigenvalue weighted by atomic mass is 16.5. The number of fused-ring (bicyclic) bond motifs is 1. The Morgan fingerprint density at radius 2 is 1.94 bits per heavy atom. The van der Waals surface area contributed by atoms with Gasteiger partial charge in [0.05, 0.1) is 19.6 Å². The van der Waals surface area contributed by atoms with Gasteiger partial charge >= 0.3 is 5.69 Å². The van der Waals surface area contributed by atoms with E-state index in [4.69, 9.17) is 10.5 Å². The number of amides is 1. The highest BCUT2D eigenvalue weighted by molar-refractivity contribution is 5.96. The molecule has 1 aliphatic heterocycles. The van der Waals surface area contributed by atoms with Gasteiger partial charge in [0.25, 0.3) is 5.56 Å². The number of nitrogens with one attached hydrogen (secondary N) is 1. The van der Waals surface area contributed by atoms with E-state index < -0.39 is 11.2 Å². The summed E-state index contributed by atoms with van der Waals surface area (Å²) in [6.07, 6.45) is 2.47. The number of carbonyl (C=O) groups is 1. The van der Waals surface area contributed by atoms with E-state index in [2.05, 4.69) is 4.98 Å². The van der Waals surface area contributed by atoms with Crippen LogP contribution in [0, 0.1) is 0 Å². The number of nitrogens with two attached hydrogens (primary N) is 1. The molecule has 0 saturated carbocycles. The number of aromatic amines is 1. The lowest BCUT2D eigenvalue weighted by Crippen LogP contribution is -2.41. The summed E-state index contributed by atoms with van der Waals surface area (Å²) < 4.78 is 6.88. The minimum Gasteiger partial charge on any atom is -0.493 e. The zero-order valence-corrected chi connectivity index (χ0v) is 18.7. The van der Waals surface area contributed by atoms with Crippen LogP contribution >= 0.6 is 0 Å². The second-order valence-electron chi connectivity index (χ2n) is 8.18. The van der Waals surface area contributed by atoms with Crippen molar-refractivity contribution >= 4 is 17.4 Å². The minimum absolute atomic E-state index is 0.00355. The van der Waals surface area contributed by atoms with E-state index in [0.717, 1.165) is 41.7 Å². The number of aromatic nitrogens is 2. The van der Waals surface area contributed by atoms with Gasteiger partial charge in [-0.1, -0.05) is 55.8 Å². The lowest BCUT2D eigenvalue weighted by Gasteiger charge is -2.25. The summed E-state index contributed by atoms with van der Waals surface area (Å²) in [5, 5.41) is 0. The number of benzene rings is 2. The van der Waals surface area contributed by atoms with E-state index in [0.29, 0.717) is 13.2 Å². The topological polar surface area (TPSA) is 110 Å². The summed E-state index contributed by atoms with van der Waals surface area (Å²) in [5.41, 5.74) is 7.83. The van der Waals surface area contributed by atoms with Crippen molar-refractivity contribution in [3.63, 3.8) is 0 Å². The van der Waals surface area contributed by atoms with E-state index >= 15 is 0 Å². The first-order valence-corrected chi connectivity index (χ1v) is 11.2. The molecule has 3 N–H and O–H groups in total. The van der Waals surface area contributed by atoms with Crippen molar-refractivity contribution in [2.45, 2.75) is 45.7 Å². The van der Waals surface area contributed by atoms with Crippen molar-refractivity contribution in [2.24, 2.45) is 0 Å². The number of nitrogens with zero attached hydrogens (tertiary/aromatic N) is 2. The number of anilines is 2. The lowest BCUT2D eigenvalue weighted by molar-refractivity contribution is -0.118.